The number of nitrogens with one attached hydrogen (secondary N) is 4. The van der Waals surface area contributed by atoms with Crippen LogP contribution in [0.25, 0.3) is 0 Å². The Hall–Kier alpha value is -6.74. The van der Waals surface area contributed by atoms with E-state index in [1.165, 1.54) is 0 Å². The van der Waals surface area contributed by atoms with Crippen LogP contribution >= 0.6 is 0 Å². The number of rotatable bonds is 8. The van der Waals surface area contributed by atoms with E-state index in [1.807, 2.05) is 0 Å². The summed E-state index contributed by atoms with van der Waals surface area (Å²) in [6.07, 6.45) is 4.46. The number of carboxylic acid groups (broad SMARTS) is 8. The number of hydrogen-bond acceptors (Lipinski definition) is 10. The van der Waals surface area contributed by atoms with E-state index in [9.17, 15) is 47.9 Å². The van der Waals surface area contributed by atoms with Crippen LogP contribution in [-0.4, -0.2) is 127 Å². The van der Waals surface area contributed by atoms with Gasteiger partial charge in [0.05, 0.1) is 0 Å². The second-order valence-electron chi connectivity index (χ2n) is 6.40. The highest BCUT2D eigenvalue weighted by molar-refractivity contribution is 5.91. The Morgan fingerprint density at radius 1 is 0.341 bits per heavy atom. The van der Waals surface area contributed by atoms with Gasteiger partial charge in [0.1, 0.15) is 0 Å². The molecule has 2 heterocycles. The van der Waals surface area contributed by atoms with Crippen LogP contribution in [0.15, 0.2) is 48.6 Å². The molecule has 0 aromatic rings. The molecule has 22 nitrogen and oxygen atoms in total. The second-order valence-corrected chi connectivity index (χ2v) is 6.40. The molecule has 12 N–H and O–H groups in total. The maximum Gasteiger partial charge on any atom is 0.328 e. The van der Waals surface area contributed by atoms with Crippen molar-refractivity contribution >= 4 is 59.8 Å². The van der Waals surface area contributed by atoms with Gasteiger partial charge in [-0.3, -0.25) is 0 Å². The number of hydrogen-bond donors (Lipinski definition) is 12. The lowest BCUT2D eigenvalue weighted by molar-refractivity contribution is -0.134. The van der Waals surface area contributed by atoms with Crippen molar-refractivity contribution in [3.63, 3.8) is 0 Å². The van der Waals surface area contributed by atoms with Crippen LogP contribution < -0.4 is 21.3 Å². The van der Waals surface area contributed by atoms with Crippen molar-refractivity contribution in [3.05, 3.63) is 48.6 Å². The predicted molar refractivity (Wildman–Crippen MR) is 140 cm³/mol. The standard InChI is InChI=1S/4C4H4O4.2C3H6N2O/c4*5-3(6)1-2-4(7)8;2*6-3-4-1-2-5-3/h4*1-2H,(H,5,6)(H,7,8);2*1-2H2,(H2,4,5,6)/b4*2-1-;;. The van der Waals surface area contributed by atoms with Crippen LogP contribution in [0.2, 0.25) is 0 Å². The van der Waals surface area contributed by atoms with Crippen molar-refractivity contribution in [1.82, 2.24) is 21.3 Å². The van der Waals surface area contributed by atoms with E-state index >= 15 is 0 Å². The van der Waals surface area contributed by atoms with E-state index in [0.717, 1.165) is 26.2 Å². The maximum atomic E-state index is 10.0. The minimum Gasteiger partial charge on any atom is -0.478 e. The molecule has 0 aliphatic carbocycles. The molecule has 4 amide bonds. The Balaban J connectivity index is -0.000000219. The van der Waals surface area contributed by atoms with Crippen molar-refractivity contribution in [2.75, 3.05) is 26.2 Å². The lowest BCUT2D eigenvalue weighted by atomic mass is 10.5. The average Bonchev–Trinajstić information content (AvgIpc) is 3.59. The monoisotopic (exact) mass is 636 g/mol. The van der Waals surface area contributed by atoms with Crippen molar-refractivity contribution in [2.24, 2.45) is 0 Å². The molecule has 0 saturated carbocycles. The fourth-order valence-corrected chi connectivity index (χ4v) is 1.40. The molecule has 244 valence electrons. The van der Waals surface area contributed by atoms with Crippen LogP contribution in [-0.2, 0) is 38.4 Å². The van der Waals surface area contributed by atoms with E-state index in [2.05, 4.69) is 21.3 Å². The number of amides is 4. The third kappa shape index (κ3) is 55.7. The molecule has 2 fully saturated rings. The summed E-state index contributed by atoms with van der Waals surface area (Å²) in [5.41, 5.74) is 0. The third-order valence-corrected chi connectivity index (χ3v) is 2.87. The fraction of sp³-hybridized carbons (Fsp3) is 0.182. The molecule has 0 bridgehead atoms. The highest BCUT2D eigenvalue weighted by Crippen LogP contribution is 1.73. The Labute approximate surface area is 245 Å². The Bertz CT molecular complexity index is 904. The van der Waals surface area contributed by atoms with Crippen LogP contribution in [0.4, 0.5) is 9.59 Å². The molecule has 0 radical (unpaired) electrons. The van der Waals surface area contributed by atoms with Gasteiger partial charge in [-0.25, -0.2) is 47.9 Å². The largest absolute Gasteiger partial charge is 0.478 e. The highest BCUT2D eigenvalue weighted by Gasteiger charge is 2.03. The molecule has 2 aliphatic rings. The zero-order valence-corrected chi connectivity index (χ0v) is 22.1. The van der Waals surface area contributed by atoms with E-state index < -0.39 is 47.8 Å². The van der Waals surface area contributed by atoms with Crippen LogP contribution in [0.1, 0.15) is 0 Å². The lowest BCUT2D eigenvalue weighted by Gasteiger charge is -1.80. The Morgan fingerprint density at radius 2 is 0.455 bits per heavy atom. The number of carbonyl (C=O) groups excluding carboxylic acids is 2. The van der Waals surface area contributed by atoms with Crippen molar-refractivity contribution < 1.29 is 88.8 Å². The van der Waals surface area contributed by atoms with Crippen LogP contribution in [0.5, 0.6) is 0 Å². The first-order valence-corrected chi connectivity index (χ1v) is 10.9. The number of urea groups is 2. The number of carboxylic acids is 8. The zero-order valence-electron chi connectivity index (χ0n) is 22.1. The van der Waals surface area contributed by atoms with Crippen molar-refractivity contribution in [3.8, 4) is 0 Å². The number of aliphatic carboxylic acids is 8. The fourth-order valence-electron chi connectivity index (χ4n) is 1.40. The third-order valence-electron chi connectivity index (χ3n) is 2.87. The van der Waals surface area contributed by atoms with Gasteiger partial charge in [-0.15, -0.1) is 0 Å². The van der Waals surface area contributed by atoms with Gasteiger partial charge in [0.2, 0.25) is 0 Å². The van der Waals surface area contributed by atoms with Gasteiger partial charge in [-0.2, -0.15) is 0 Å². The summed E-state index contributed by atoms with van der Waals surface area (Å²) in [6, 6.07) is -0.0926. The molecule has 22 heteroatoms. The van der Waals surface area contributed by atoms with E-state index in [1.54, 1.807) is 0 Å². The molecule has 0 unspecified atom stereocenters. The summed E-state index contributed by atoms with van der Waals surface area (Å²) in [4.78, 5) is 96.5. The second kappa shape index (κ2) is 29.2. The van der Waals surface area contributed by atoms with Gasteiger partial charge in [0, 0.05) is 74.8 Å². The molecule has 0 atom stereocenters. The van der Waals surface area contributed by atoms with Gasteiger partial charge in [0.15, 0.2) is 0 Å². The molecule has 44 heavy (non-hydrogen) atoms. The summed E-state index contributed by atoms with van der Waals surface area (Å²) in [5.74, 6) is -10.1. The summed E-state index contributed by atoms with van der Waals surface area (Å²) in [6.45, 7) is 3.11. The lowest BCUT2D eigenvalue weighted by Crippen LogP contribution is -2.20. The molecule has 2 aliphatic heterocycles. The summed E-state index contributed by atoms with van der Waals surface area (Å²) >= 11 is 0. The quantitative estimate of drug-likeness (QED) is 0.122. The van der Waals surface area contributed by atoms with Crippen LogP contribution in [0.3, 0.4) is 0 Å². The smallest absolute Gasteiger partial charge is 0.328 e. The van der Waals surface area contributed by atoms with Gasteiger partial charge < -0.3 is 62.1 Å². The molecule has 2 saturated heterocycles. The van der Waals surface area contributed by atoms with Gasteiger partial charge in [-0.05, 0) is 0 Å². The van der Waals surface area contributed by atoms with Gasteiger partial charge in [-0.1, -0.05) is 0 Å². The van der Waals surface area contributed by atoms with E-state index in [-0.39, 0.29) is 12.1 Å². The summed E-state index contributed by atoms with van der Waals surface area (Å²) in [5, 5.41) is 72.8. The Morgan fingerprint density at radius 3 is 0.500 bits per heavy atom. The minimum atomic E-state index is -1.26. The van der Waals surface area contributed by atoms with E-state index in [0.29, 0.717) is 48.6 Å². The van der Waals surface area contributed by atoms with E-state index in [4.69, 9.17) is 40.9 Å². The first-order chi connectivity index (χ1) is 20.3. The molecule has 0 aromatic heterocycles. The maximum absolute atomic E-state index is 10.0. The van der Waals surface area contributed by atoms with Crippen molar-refractivity contribution in [1.29, 1.82) is 0 Å². The summed E-state index contributed by atoms with van der Waals surface area (Å²) in [7, 11) is 0. The van der Waals surface area contributed by atoms with Crippen molar-refractivity contribution in [2.45, 2.75) is 0 Å². The topological polar surface area (TPSA) is 381 Å². The summed E-state index contributed by atoms with van der Waals surface area (Å²) < 4.78 is 0. The zero-order chi connectivity index (χ0) is 35.1. The minimum absolute atomic E-state index is 0.0463. The van der Waals surface area contributed by atoms with Gasteiger partial charge in [0.25, 0.3) is 0 Å². The Kier molecular flexibility index (Phi) is 29.4. The van der Waals surface area contributed by atoms with Crippen LogP contribution in [0, 0.1) is 0 Å². The highest BCUT2D eigenvalue weighted by atomic mass is 16.4. The first kappa shape index (κ1) is 44.3. The predicted octanol–water partition coefficient (Wildman–Crippen LogP) is -2.55. The molecule has 0 aromatic carbocycles. The number of carbonyl (C=O) groups is 10. The molecule has 0 spiro atoms. The first-order valence-electron chi connectivity index (χ1n) is 10.9. The normalized spacial score (nSPS) is 12.3. The molecular weight excluding hydrogens is 608 g/mol. The SMILES string of the molecule is O=C(O)/C=C\C(=O)O.O=C(O)/C=C\C(=O)O.O=C(O)/C=C\C(=O)O.O=C(O)/C=C\C(=O)O.O=C1NCCN1.O=C1NCCN1. The molecular formula is C22H28N4O18. The molecule has 2 rings (SSSR count). The van der Waals surface area contributed by atoms with Gasteiger partial charge >= 0.3 is 59.8 Å². The average molecular weight is 636 g/mol.